The molecule has 0 saturated carbocycles. The second-order valence-corrected chi connectivity index (χ2v) is 3.04. The van der Waals surface area contributed by atoms with Gasteiger partial charge >= 0.3 is 5.97 Å². The number of rotatable bonds is 4. The molecule has 1 rings (SSSR count). The summed E-state index contributed by atoms with van der Waals surface area (Å²) in [5, 5.41) is 0. The molecule has 0 unspecified atom stereocenters. The van der Waals surface area contributed by atoms with Crippen molar-refractivity contribution < 1.29 is 14.3 Å². The maximum absolute atomic E-state index is 10.9. The third-order valence-corrected chi connectivity index (χ3v) is 2.03. The zero-order chi connectivity index (χ0) is 12.0. The Labute approximate surface area is 94.3 Å². The Kier molecular flexibility index (Phi) is 4.37. The fourth-order valence-corrected chi connectivity index (χ4v) is 1.14. The Morgan fingerprint density at radius 2 is 2.31 bits per heavy atom. The summed E-state index contributed by atoms with van der Waals surface area (Å²) in [7, 11) is 1.30. The summed E-state index contributed by atoms with van der Waals surface area (Å²) in [6.45, 7) is 0.166. The first-order chi connectivity index (χ1) is 7.71. The van der Waals surface area contributed by atoms with Crippen molar-refractivity contribution in [3.05, 3.63) is 29.3 Å². The molecule has 0 spiro atoms. The van der Waals surface area contributed by atoms with Gasteiger partial charge in [-0.2, -0.15) is 0 Å². The summed E-state index contributed by atoms with van der Waals surface area (Å²) in [5.74, 6) is 2.55. The molecule has 0 fully saturated rings. The van der Waals surface area contributed by atoms with Crippen LogP contribution in [0, 0.1) is 12.3 Å². The minimum atomic E-state index is -0.450. The van der Waals surface area contributed by atoms with Crippen molar-refractivity contribution in [3.8, 4) is 18.1 Å². The quantitative estimate of drug-likeness (QED) is 0.597. The van der Waals surface area contributed by atoms with Crippen LogP contribution in [-0.4, -0.2) is 19.7 Å². The van der Waals surface area contributed by atoms with E-state index >= 15 is 0 Å². The molecule has 1 aromatic carbocycles. The van der Waals surface area contributed by atoms with Crippen molar-refractivity contribution >= 4 is 5.97 Å². The lowest BCUT2D eigenvalue weighted by atomic mass is 10.1. The lowest BCUT2D eigenvalue weighted by Gasteiger charge is -2.09. The topological polar surface area (TPSA) is 61.5 Å². The van der Waals surface area contributed by atoms with Gasteiger partial charge < -0.3 is 15.2 Å². The molecule has 0 atom stereocenters. The minimum absolute atomic E-state index is 0.155. The van der Waals surface area contributed by atoms with Crippen LogP contribution in [0.3, 0.4) is 0 Å². The second-order valence-electron chi connectivity index (χ2n) is 3.04. The third-order valence-electron chi connectivity index (χ3n) is 2.03. The molecule has 0 aliphatic carbocycles. The van der Waals surface area contributed by atoms with Crippen molar-refractivity contribution in [3.63, 3.8) is 0 Å². The van der Waals surface area contributed by atoms with Crippen molar-refractivity contribution in [2.24, 2.45) is 5.73 Å². The van der Waals surface area contributed by atoms with E-state index in [0.29, 0.717) is 17.9 Å². The molecule has 1 aromatic rings. The van der Waals surface area contributed by atoms with E-state index in [-0.39, 0.29) is 6.61 Å². The highest BCUT2D eigenvalue weighted by atomic mass is 16.6. The lowest BCUT2D eigenvalue weighted by molar-refractivity contribution is -0.142. The molecule has 0 saturated heterocycles. The summed E-state index contributed by atoms with van der Waals surface area (Å²) in [5.41, 5.74) is 7.01. The number of esters is 1. The van der Waals surface area contributed by atoms with Crippen LogP contribution in [0.15, 0.2) is 18.2 Å². The number of hydrogen-bond acceptors (Lipinski definition) is 4. The molecule has 0 heterocycles. The van der Waals surface area contributed by atoms with Gasteiger partial charge in [-0.3, -0.25) is 0 Å². The van der Waals surface area contributed by atoms with Gasteiger partial charge in [-0.25, -0.2) is 4.79 Å². The number of carbonyl (C=O) groups excluding carboxylic acids is 1. The first kappa shape index (κ1) is 12.1. The zero-order valence-corrected chi connectivity index (χ0v) is 9.03. The van der Waals surface area contributed by atoms with Crippen molar-refractivity contribution in [2.75, 3.05) is 13.7 Å². The van der Waals surface area contributed by atoms with Gasteiger partial charge in [0, 0.05) is 17.7 Å². The number of terminal acetylenes is 1. The molecule has 84 valence electrons. The molecule has 4 nitrogen and oxygen atoms in total. The van der Waals surface area contributed by atoms with Crippen molar-refractivity contribution in [2.45, 2.75) is 6.54 Å². The van der Waals surface area contributed by atoms with Crippen LogP contribution in [0.5, 0.6) is 5.75 Å². The van der Waals surface area contributed by atoms with Crippen LogP contribution in [0.25, 0.3) is 0 Å². The van der Waals surface area contributed by atoms with E-state index in [1.165, 1.54) is 7.11 Å². The average Bonchev–Trinajstić information content (AvgIpc) is 2.35. The largest absolute Gasteiger partial charge is 0.482 e. The van der Waals surface area contributed by atoms with E-state index in [2.05, 4.69) is 10.7 Å². The Morgan fingerprint density at radius 1 is 1.56 bits per heavy atom. The lowest BCUT2D eigenvalue weighted by Crippen LogP contribution is -2.14. The summed E-state index contributed by atoms with van der Waals surface area (Å²) < 4.78 is 9.74. The van der Waals surface area contributed by atoms with E-state index in [0.717, 1.165) is 5.56 Å². The Bertz CT molecular complexity index is 421. The Hall–Kier alpha value is -1.99. The molecule has 2 N–H and O–H groups in total. The number of carbonyl (C=O) groups is 1. The van der Waals surface area contributed by atoms with Gasteiger partial charge in [-0.15, -0.1) is 6.42 Å². The van der Waals surface area contributed by atoms with Gasteiger partial charge in [0.2, 0.25) is 0 Å². The number of methoxy groups -OCH3 is 1. The van der Waals surface area contributed by atoms with Crippen LogP contribution in [0.4, 0.5) is 0 Å². The summed E-state index contributed by atoms with van der Waals surface area (Å²) in [6.07, 6.45) is 5.26. The smallest absolute Gasteiger partial charge is 0.343 e. The number of benzene rings is 1. The summed E-state index contributed by atoms with van der Waals surface area (Å²) in [4.78, 5) is 10.9. The average molecular weight is 219 g/mol. The normalized spacial score (nSPS) is 9.31. The van der Waals surface area contributed by atoms with Crippen LogP contribution >= 0.6 is 0 Å². The number of nitrogens with two attached hydrogens (primary N) is 1. The zero-order valence-electron chi connectivity index (χ0n) is 9.03. The molecule has 0 amide bonds. The first-order valence-corrected chi connectivity index (χ1v) is 4.70. The standard InChI is InChI=1S/C12H13NO3/c1-3-9-4-5-10(7-13)11(6-9)16-8-12(14)15-2/h1,4-6H,7-8,13H2,2H3. The molecule has 0 aliphatic rings. The Morgan fingerprint density at radius 3 is 2.88 bits per heavy atom. The van der Waals surface area contributed by atoms with E-state index in [9.17, 15) is 4.79 Å². The van der Waals surface area contributed by atoms with Crippen LogP contribution < -0.4 is 10.5 Å². The Balaban J connectivity index is 2.84. The highest BCUT2D eigenvalue weighted by Gasteiger charge is 2.06. The van der Waals surface area contributed by atoms with E-state index in [4.69, 9.17) is 16.9 Å². The van der Waals surface area contributed by atoms with Crippen LogP contribution in [0.2, 0.25) is 0 Å². The fraction of sp³-hybridized carbons (Fsp3) is 0.250. The van der Waals surface area contributed by atoms with E-state index in [1.54, 1.807) is 18.2 Å². The van der Waals surface area contributed by atoms with Gasteiger partial charge in [0.15, 0.2) is 6.61 Å². The van der Waals surface area contributed by atoms with E-state index in [1.807, 2.05) is 0 Å². The third kappa shape index (κ3) is 3.01. The number of ether oxygens (including phenoxy) is 2. The summed E-state index contributed by atoms with van der Waals surface area (Å²) in [6, 6.07) is 5.22. The van der Waals surface area contributed by atoms with E-state index < -0.39 is 5.97 Å². The minimum Gasteiger partial charge on any atom is -0.482 e. The molecule has 0 radical (unpaired) electrons. The van der Waals surface area contributed by atoms with Crippen LogP contribution in [0.1, 0.15) is 11.1 Å². The molecule has 4 heteroatoms. The molecular weight excluding hydrogens is 206 g/mol. The maximum Gasteiger partial charge on any atom is 0.343 e. The molecule has 16 heavy (non-hydrogen) atoms. The van der Waals surface area contributed by atoms with Gasteiger partial charge in [0.25, 0.3) is 0 Å². The molecule has 0 aromatic heterocycles. The van der Waals surface area contributed by atoms with Gasteiger partial charge in [0.1, 0.15) is 5.75 Å². The molecule has 0 bridgehead atoms. The predicted octanol–water partition coefficient (Wildman–Crippen LogP) is 0.678. The monoisotopic (exact) mass is 219 g/mol. The first-order valence-electron chi connectivity index (χ1n) is 4.70. The van der Waals surface area contributed by atoms with Gasteiger partial charge in [-0.05, 0) is 12.1 Å². The van der Waals surface area contributed by atoms with Crippen molar-refractivity contribution in [1.82, 2.24) is 0 Å². The molecular formula is C12H13NO3. The van der Waals surface area contributed by atoms with Crippen molar-refractivity contribution in [1.29, 1.82) is 0 Å². The fourth-order valence-electron chi connectivity index (χ4n) is 1.14. The van der Waals surface area contributed by atoms with Gasteiger partial charge in [-0.1, -0.05) is 12.0 Å². The number of hydrogen-bond donors (Lipinski definition) is 1. The summed E-state index contributed by atoms with van der Waals surface area (Å²) >= 11 is 0. The predicted molar refractivity (Wildman–Crippen MR) is 59.8 cm³/mol. The molecule has 0 aliphatic heterocycles. The van der Waals surface area contributed by atoms with Gasteiger partial charge in [0.05, 0.1) is 7.11 Å². The highest BCUT2D eigenvalue weighted by molar-refractivity contribution is 5.71. The maximum atomic E-state index is 10.9. The SMILES string of the molecule is C#Cc1ccc(CN)c(OCC(=O)OC)c1. The second kappa shape index (κ2) is 5.79. The van der Waals surface area contributed by atoms with Crippen LogP contribution in [-0.2, 0) is 16.1 Å². The highest BCUT2D eigenvalue weighted by Crippen LogP contribution is 2.19.